The lowest BCUT2D eigenvalue weighted by atomic mass is 10.1. The smallest absolute Gasteiger partial charge is 0.129 e. The van der Waals surface area contributed by atoms with E-state index in [-0.39, 0.29) is 4.48 Å². The molecular weight excluding hydrogens is 242 g/mol. The van der Waals surface area contributed by atoms with Gasteiger partial charge in [-0.25, -0.2) is 0 Å². The highest BCUT2D eigenvalue weighted by molar-refractivity contribution is 5.69. The highest BCUT2D eigenvalue weighted by Crippen LogP contribution is 2.15. The molecule has 0 aliphatic rings. The normalized spacial score (nSPS) is 15.6. The molecule has 0 fully saturated rings. The van der Waals surface area contributed by atoms with E-state index in [0.29, 0.717) is 19.4 Å². The first-order valence-corrected chi connectivity index (χ1v) is 7.21. The second-order valence-corrected chi connectivity index (χ2v) is 5.70. The number of carboxylic acids is 1. The van der Waals surface area contributed by atoms with Gasteiger partial charge in [-0.1, -0.05) is 32.4 Å². The van der Waals surface area contributed by atoms with Crippen molar-refractivity contribution in [1.29, 1.82) is 0 Å². The van der Waals surface area contributed by atoms with Gasteiger partial charge in [0, 0.05) is 6.42 Å². The molecule has 0 spiro atoms. The molecule has 19 heavy (non-hydrogen) atoms. The standard InChI is InChI=1S/C15H29NO3/c1-5-7-8-9-11-13(17)12-16(3,4)14(10-6-2)15(18)19/h7-8,13-14,17H,5-6,9-12H2,1-4H3/b8-7+. The average Bonchev–Trinajstić information content (AvgIpc) is 2.30. The minimum absolute atomic E-state index is 0.273. The van der Waals surface area contributed by atoms with Crippen LogP contribution in [0.4, 0.5) is 0 Å². The zero-order valence-corrected chi connectivity index (χ0v) is 12.8. The maximum absolute atomic E-state index is 11.2. The molecule has 1 N–H and O–H groups in total. The van der Waals surface area contributed by atoms with Crippen molar-refractivity contribution in [3.05, 3.63) is 12.2 Å². The van der Waals surface area contributed by atoms with Gasteiger partial charge in [0.05, 0.1) is 20.1 Å². The maximum atomic E-state index is 11.2. The SMILES string of the molecule is CC/C=C/CCC(O)C[N+](C)(C)C(CCC)C(=O)[O-]. The van der Waals surface area contributed by atoms with Crippen LogP contribution in [0.1, 0.15) is 46.0 Å². The lowest BCUT2D eigenvalue weighted by molar-refractivity contribution is -0.911. The van der Waals surface area contributed by atoms with Gasteiger partial charge in [-0.3, -0.25) is 0 Å². The van der Waals surface area contributed by atoms with Crippen LogP contribution in [0, 0.1) is 0 Å². The third kappa shape index (κ3) is 7.33. The number of hydrogen-bond donors (Lipinski definition) is 1. The Morgan fingerprint density at radius 3 is 2.37 bits per heavy atom. The van der Waals surface area contributed by atoms with E-state index in [1.807, 2.05) is 21.0 Å². The fraction of sp³-hybridized carbons (Fsp3) is 0.800. The Hall–Kier alpha value is -0.870. The largest absolute Gasteiger partial charge is 0.544 e. The number of carboxylic acid groups (broad SMARTS) is 1. The first-order valence-electron chi connectivity index (χ1n) is 7.21. The Balaban J connectivity index is 4.38. The van der Waals surface area contributed by atoms with Crippen molar-refractivity contribution >= 4 is 5.97 Å². The summed E-state index contributed by atoms with van der Waals surface area (Å²) in [5, 5.41) is 21.2. The number of rotatable bonds is 10. The van der Waals surface area contributed by atoms with Crippen LogP contribution in [0.2, 0.25) is 0 Å². The summed E-state index contributed by atoms with van der Waals surface area (Å²) in [5.41, 5.74) is 0. The predicted molar refractivity (Wildman–Crippen MR) is 75.4 cm³/mol. The number of aliphatic hydroxyl groups excluding tert-OH is 1. The quantitative estimate of drug-likeness (QED) is 0.478. The van der Waals surface area contributed by atoms with Crippen LogP contribution in [0.25, 0.3) is 0 Å². The first-order chi connectivity index (χ1) is 8.85. The summed E-state index contributed by atoms with van der Waals surface area (Å²) in [6.07, 6.45) is 7.55. The van der Waals surface area contributed by atoms with Crippen LogP contribution in [0.15, 0.2) is 12.2 Å². The fourth-order valence-electron chi connectivity index (χ4n) is 2.36. The molecule has 0 rings (SSSR count). The number of aliphatic hydroxyl groups is 1. The number of likely N-dealkylation sites (N-methyl/N-ethyl adjacent to an activating group) is 1. The molecule has 0 bridgehead atoms. The summed E-state index contributed by atoms with van der Waals surface area (Å²) >= 11 is 0. The number of hydrogen-bond acceptors (Lipinski definition) is 3. The van der Waals surface area contributed by atoms with Gasteiger partial charge in [-0.15, -0.1) is 0 Å². The molecule has 2 unspecified atom stereocenters. The molecule has 0 amide bonds. The third-order valence-electron chi connectivity index (χ3n) is 3.43. The molecule has 0 saturated heterocycles. The van der Waals surface area contributed by atoms with Crippen molar-refractivity contribution in [2.75, 3.05) is 20.6 Å². The van der Waals surface area contributed by atoms with E-state index < -0.39 is 18.1 Å². The molecule has 4 heteroatoms. The van der Waals surface area contributed by atoms with Gasteiger partial charge >= 0.3 is 0 Å². The van der Waals surface area contributed by atoms with Crippen LogP contribution in [-0.4, -0.2) is 48.3 Å². The number of carbonyl (C=O) groups excluding carboxylic acids is 1. The molecule has 0 aliphatic heterocycles. The van der Waals surface area contributed by atoms with Crippen molar-refractivity contribution in [2.24, 2.45) is 0 Å². The van der Waals surface area contributed by atoms with E-state index in [1.54, 1.807) is 0 Å². The minimum Gasteiger partial charge on any atom is -0.544 e. The average molecular weight is 271 g/mol. The molecule has 0 heterocycles. The van der Waals surface area contributed by atoms with E-state index in [0.717, 1.165) is 19.3 Å². The Morgan fingerprint density at radius 2 is 1.89 bits per heavy atom. The minimum atomic E-state index is -1.02. The predicted octanol–water partition coefficient (Wildman–Crippen LogP) is 1.09. The molecule has 0 radical (unpaired) electrons. The Labute approximate surface area is 117 Å². The van der Waals surface area contributed by atoms with Gasteiger partial charge < -0.3 is 19.5 Å². The highest BCUT2D eigenvalue weighted by Gasteiger charge is 2.30. The molecule has 2 atom stereocenters. The van der Waals surface area contributed by atoms with Crippen LogP contribution >= 0.6 is 0 Å². The first kappa shape index (κ1) is 18.1. The number of carbonyl (C=O) groups is 1. The zero-order chi connectivity index (χ0) is 14.9. The van der Waals surface area contributed by atoms with Gasteiger partial charge in [0.1, 0.15) is 18.7 Å². The zero-order valence-electron chi connectivity index (χ0n) is 12.8. The van der Waals surface area contributed by atoms with Crippen molar-refractivity contribution in [3.63, 3.8) is 0 Å². The van der Waals surface area contributed by atoms with Crippen LogP contribution in [0.5, 0.6) is 0 Å². The van der Waals surface area contributed by atoms with Crippen molar-refractivity contribution in [1.82, 2.24) is 0 Å². The van der Waals surface area contributed by atoms with E-state index in [2.05, 4.69) is 19.1 Å². The summed E-state index contributed by atoms with van der Waals surface area (Å²) in [7, 11) is 3.70. The number of aliphatic carboxylic acids is 1. The van der Waals surface area contributed by atoms with Crippen molar-refractivity contribution < 1.29 is 19.5 Å². The summed E-state index contributed by atoms with van der Waals surface area (Å²) in [6, 6.07) is -0.550. The Morgan fingerprint density at radius 1 is 1.26 bits per heavy atom. The number of allylic oxidation sites excluding steroid dienone is 2. The van der Waals surface area contributed by atoms with Gasteiger partial charge in [-0.2, -0.15) is 0 Å². The summed E-state index contributed by atoms with van der Waals surface area (Å²) in [4.78, 5) is 11.2. The van der Waals surface area contributed by atoms with Crippen molar-refractivity contribution in [3.8, 4) is 0 Å². The second kappa shape index (κ2) is 9.10. The molecule has 0 aromatic carbocycles. The molecular formula is C15H29NO3. The molecule has 0 aliphatic carbocycles. The summed E-state index contributed by atoms with van der Waals surface area (Å²) in [6.45, 7) is 4.47. The topological polar surface area (TPSA) is 60.4 Å². The summed E-state index contributed by atoms with van der Waals surface area (Å²) < 4.78 is 0.273. The fourth-order valence-corrected chi connectivity index (χ4v) is 2.36. The molecule has 0 saturated carbocycles. The molecule has 0 aromatic rings. The Bertz CT molecular complexity index is 287. The lowest BCUT2D eigenvalue weighted by Gasteiger charge is -2.39. The van der Waals surface area contributed by atoms with Gasteiger partial charge in [-0.05, 0) is 19.3 Å². The molecule has 0 aromatic heterocycles. The number of quaternary nitrogens is 1. The molecule has 4 nitrogen and oxygen atoms in total. The van der Waals surface area contributed by atoms with Crippen molar-refractivity contribution in [2.45, 2.75) is 58.1 Å². The van der Waals surface area contributed by atoms with Gasteiger partial charge in [0.15, 0.2) is 0 Å². The van der Waals surface area contributed by atoms with E-state index >= 15 is 0 Å². The lowest BCUT2D eigenvalue weighted by Crippen LogP contribution is -2.59. The van der Waals surface area contributed by atoms with Crippen LogP contribution in [0.3, 0.4) is 0 Å². The number of nitrogens with zero attached hydrogens (tertiary/aromatic N) is 1. The van der Waals surface area contributed by atoms with E-state index in [4.69, 9.17) is 0 Å². The van der Waals surface area contributed by atoms with Crippen LogP contribution in [-0.2, 0) is 4.79 Å². The molecule has 112 valence electrons. The maximum Gasteiger partial charge on any atom is 0.129 e. The van der Waals surface area contributed by atoms with E-state index in [1.165, 1.54) is 0 Å². The van der Waals surface area contributed by atoms with Gasteiger partial charge in [0.2, 0.25) is 0 Å². The monoisotopic (exact) mass is 271 g/mol. The van der Waals surface area contributed by atoms with E-state index in [9.17, 15) is 15.0 Å². The summed E-state index contributed by atoms with van der Waals surface area (Å²) in [5.74, 6) is -1.02. The van der Waals surface area contributed by atoms with Gasteiger partial charge in [0.25, 0.3) is 0 Å². The van der Waals surface area contributed by atoms with Crippen LogP contribution < -0.4 is 5.11 Å². The third-order valence-corrected chi connectivity index (χ3v) is 3.43. The highest BCUT2D eigenvalue weighted by atomic mass is 16.4. The second-order valence-electron chi connectivity index (χ2n) is 5.70. The Kier molecular flexibility index (Phi) is 8.68.